The highest BCUT2D eigenvalue weighted by atomic mass is 35.5. The largest absolute Gasteiger partial charge is 0.351 e. The maximum atomic E-state index is 13.7. The Balaban J connectivity index is 1.67. The van der Waals surface area contributed by atoms with Crippen molar-refractivity contribution in [3.05, 3.63) is 86.0 Å². The number of thiophene rings is 1. The quantitative estimate of drug-likeness (QED) is 0.503. The van der Waals surface area contributed by atoms with Crippen LogP contribution in [0.2, 0.25) is 5.02 Å². The van der Waals surface area contributed by atoms with Gasteiger partial charge in [0.05, 0.1) is 11.1 Å². The maximum Gasteiger partial charge on any atom is 0.268 e. The van der Waals surface area contributed by atoms with Crippen LogP contribution in [0.3, 0.4) is 0 Å². The van der Waals surface area contributed by atoms with Crippen molar-refractivity contribution in [3.8, 4) is 5.69 Å². The number of rotatable bonds is 4. The second-order valence-electron chi connectivity index (χ2n) is 7.56. The molecule has 4 aromatic rings. The van der Waals surface area contributed by atoms with Crippen molar-refractivity contribution in [3.63, 3.8) is 0 Å². The first-order chi connectivity index (χ1) is 14.6. The molecule has 0 aliphatic carbocycles. The Bertz CT molecular complexity index is 1260. The molecular formula is C23H21ClN4OS. The molecule has 0 spiro atoms. The number of fused-ring (bicyclic) bond motifs is 3. The number of halogens is 1. The first kappa shape index (κ1) is 19.3. The molecular weight excluding hydrogens is 416 g/mol. The lowest BCUT2D eigenvalue weighted by molar-refractivity contribution is 0.318. The molecule has 0 atom stereocenters. The summed E-state index contributed by atoms with van der Waals surface area (Å²) in [5, 5.41) is 4.77. The van der Waals surface area contributed by atoms with Gasteiger partial charge in [0.1, 0.15) is 4.83 Å². The molecule has 0 fully saturated rings. The molecule has 30 heavy (non-hydrogen) atoms. The Morgan fingerprint density at radius 3 is 2.67 bits per heavy atom. The Labute approximate surface area is 183 Å². The van der Waals surface area contributed by atoms with E-state index in [0.29, 0.717) is 17.5 Å². The Hall–Kier alpha value is -2.67. The first-order valence-corrected chi connectivity index (χ1v) is 11.1. The van der Waals surface area contributed by atoms with Crippen LogP contribution in [-0.4, -0.2) is 28.0 Å². The lowest BCUT2D eigenvalue weighted by atomic mass is 10.1. The minimum Gasteiger partial charge on any atom is -0.351 e. The molecule has 3 heterocycles. The van der Waals surface area contributed by atoms with Crippen LogP contribution in [0.15, 0.2) is 59.4 Å². The molecule has 0 amide bonds. The van der Waals surface area contributed by atoms with Gasteiger partial charge >= 0.3 is 0 Å². The van der Waals surface area contributed by atoms with E-state index in [4.69, 9.17) is 16.6 Å². The second kappa shape index (κ2) is 7.87. The summed E-state index contributed by atoms with van der Waals surface area (Å²) in [4.78, 5) is 22.9. The van der Waals surface area contributed by atoms with Gasteiger partial charge in [-0.15, -0.1) is 11.3 Å². The molecule has 0 saturated heterocycles. The number of hydrogen-bond donors (Lipinski definition) is 1. The van der Waals surface area contributed by atoms with Crippen molar-refractivity contribution in [2.24, 2.45) is 0 Å². The van der Waals surface area contributed by atoms with Gasteiger partial charge in [-0.3, -0.25) is 4.79 Å². The number of likely N-dealkylation sites (N-methyl/N-ethyl adjacent to an activating group) is 1. The highest BCUT2D eigenvalue weighted by Crippen LogP contribution is 2.33. The number of benzene rings is 2. The standard InChI is InChI=1S/C23H21ClN4OS/c1-27-12-11-18-19(14-27)30-21-20(18)22(29)28(17-9-7-16(24)8-10-17)23(26-21)25-13-15-5-3-2-4-6-15/h2-10H,11-14H2,1H3,(H,25,26). The molecule has 0 unspecified atom stereocenters. The number of anilines is 1. The third-order valence-corrected chi connectivity index (χ3v) is 6.81. The van der Waals surface area contributed by atoms with Gasteiger partial charge in [-0.05, 0) is 48.9 Å². The Morgan fingerprint density at radius 1 is 1.13 bits per heavy atom. The fraction of sp³-hybridized carbons (Fsp3) is 0.217. The third kappa shape index (κ3) is 3.51. The average molecular weight is 437 g/mol. The lowest BCUT2D eigenvalue weighted by Gasteiger charge is -2.21. The summed E-state index contributed by atoms with van der Waals surface area (Å²) in [5.41, 5.74) is 3.01. The van der Waals surface area contributed by atoms with E-state index < -0.39 is 0 Å². The van der Waals surface area contributed by atoms with Crippen molar-refractivity contribution >= 4 is 39.1 Å². The fourth-order valence-corrected chi connectivity index (χ4v) is 5.31. The number of nitrogens with one attached hydrogen (secondary N) is 1. The Kier molecular flexibility index (Phi) is 5.06. The van der Waals surface area contributed by atoms with Crippen molar-refractivity contribution in [1.82, 2.24) is 14.5 Å². The van der Waals surface area contributed by atoms with E-state index in [-0.39, 0.29) is 5.56 Å². The molecule has 152 valence electrons. The first-order valence-electron chi connectivity index (χ1n) is 9.90. The zero-order chi connectivity index (χ0) is 20.7. The second-order valence-corrected chi connectivity index (χ2v) is 9.08. The van der Waals surface area contributed by atoms with Gasteiger partial charge in [0.15, 0.2) is 0 Å². The van der Waals surface area contributed by atoms with Crippen molar-refractivity contribution in [2.75, 3.05) is 18.9 Å². The van der Waals surface area contributed by atoms with Crippen LogP contribution < -0.4 is 10.9 Å². The normalized spacial score (nSPS) is 14.1. The summed E-state index contributed by atoms with van der Waals surface area (Å²) in [7, 11) is 2.11. The monoisotopic (exact) mass is 436 g/mol. The van der Waals surface area contributed by atoms with E-state index in [1.165, 1.54) is 4.88 Å². The predicted octanol–water partition coefficient (Wildman–Crippen LogP) is 4.70. The van der Waals surface area contributed by atoms with Gasteiger partial charge in [0.2, 0.25) is 5.95 Å². The molecule has 1 N–H and O–H groups in total. The van der Waals surface area contributed by atoms with Gasteiger partial charge in [0.25, 0.3) is 5.56 Å². The molecule has 5 rings (SSSR count). The molecule has 7 heteroatoms. The van der Waals surface area contributed by atoms with Gasteiger partial charge in [-0.1, -0.05) is 41.9 Å². The van der Waals surface area contributed by atoms with Crippen LogP contribution in [0.4, 0.5) is 5.95 Å². The molecule has 0 bridgehead atoms. The van der Waals surface area contributed by atoms with E-state index in [1.54, 1.807) is 28.0 Å². The highest BCUT2D eigenvalue weighted by Gasteiger charge is 2.24. The number of hydrogen-bond acceptors (Lipinski definition) is 5. The molecule has 1 aliphatic heterocycles. The zero-order valence-corrected chi connectivity index (χ0v) is 18.1. The fourth-order valence-electron chi connectivity index (χ4n) is 3.90. The summed E-state index contributed by atoms with van der Waals surface area (Å²) in [5.74, 6) is 0.547. The molecule has 0 radical (unpaired) electrons. The highest BCUT2D eigenvalue weighted by molar-refractivity contribution is 7.18. The van der Waals surface area contributed by atoms with Crippen molar-refractivity contribution in [1.29, 1.82) is 0 Å². The molecule has 2 aromatic heterocycles. The minimum absolute atomic E-state index is 0.0278. The molecule has 5 nitrogen and oxygen atoms in total. The van der Waals surface area contributed by atoms with Gasteiger partial charge < -0.3 is 10.2 Å². The molecule has 2 aromatic carbocycles. The van der Waals surface area contributed by atoms with Gasteiger partial charge in [0, 0.05) is 29.5 Å². The van der Waals surface area contributed by atoms with E-state index in [2.05, 4.69) is 29.4 Å². The van der Waals surface area contributed by atoms with Crippen LogP contribution in [-0.2, 0) is 19.5 Å². The summed E-state index contributed by atoms with van der Waals surface area (Å²) in [6.45, 7) is 2.40. The van der Waals surface area contributed by atoms with Crippen molar-refractivity contribution in [2.45, 2.75) is 19.5 Å². The van der Waals surface area contributed by atoms with Crippen molar-refractivity contribution < 1.29 is 0 Å². The maximum absolute atomic E-state index is 13.7. The van der Waals surface area contributed by atoms with Gasteiger partial charge in [-0.25, -0.2) is 9.55 Å². The number of aromatic nitrogens is 2. The summed E-state index contributed by atoms with van der Waals surface area (Å²) in [6, 6.07) is 17.4. The zero-order valence-electron chi connectivity index (χ0n) is 16.6. The SMILES string of the molecule is CN1CCc2c(sc3nc(NCc4ccccc4)n(-c4ccc(Cl)cc4)c(=O)c23)C1. The summed E-state index contributed by atoms with van der Waals surface area (Å²) >= 11 is 7.72. The minimum atomic E-state index is -0.0278. The smallest absolute Gasteiger partial charge is 0.268 e. The van der Waals surface area contributed by atoms with Crippen LogP contribution in [0, 0.1) is 0 Å². The van der Waals surface area contributed by atoms with E-state index in [1.807, 2.05) is 30.3 Å². The average Bonchev–Trinajstić information content (AvgIpc) is 3.11. The van der Waals surface area contributed by atoms with Crippen LogP contribution in [0.25, 0.3) is 15.9 Å². The molecule has 0 saturated carbocycles. The van der Waals surface area contributed by atoms with Crippen LogP contribution >= 0.6 is 22.9 Å². The topological polar surface area (TPSA) is 50.2 Å². The van der Waals surface area contributed by atoms with Crippen LogP contribution in [0.1, 0.15) is 16.0 Å². The predicted molar refractivity (Wildman–Crippen MR) is 124 cm³/mol. The van der Waals surface area contributed by atoms with Crippen LogP contribution in [0.5, 0.6) is 0 Å². The summed E-state index contributed by atoms with van der Waals surface area (Å²) in [6.07, 6.45) is 0.875. The third-order valence-electron chi connectivity index (χ3n) is 5.44. The van der Waals surface area contributed by atoms with E-state index in [9.17, 15) is 4.79 Å². The summed E-state index contributed by atoms with van der Waals surface area (Å²) < 4.78 is 1.67. The van der Waals surface area contributed by atoms with E-state index >= 15 is 0 Å². The lowest BCUT2D eigenvalue weighted by Crippen LogP contribution is -2.27. The Morgan fingerprint density at radius 2 is 1.90 bits per heavy atom. The van der Waals surface area contributed by atoms with E-state index in [0.717, 1.165) is 46.5 Å². The number of nitrogens with zero attached hydrogens (tertiary/aromatic N) is 3. The van der Waals surface area contributed by atoms with Gasteiger partial charge in [-0.2, -0.15) is 0 Å². The molecule has 1 aliphatic rings.